The van der Waals surface area contributed by atoms with E-state index in [0.29, 0.717) is 0 Å². The predicted octanol–water partition coefficient (Wildman–Crippen LogP) is 1.26. The van der Waals surface area contributed by atoms with Crippen molar-refractivity contribution in [1.29, 1.82) is 0 Å². The molecule has 1 unspecified atom stereocenters. The Morgan fingerprint density at radius 1 is 1.53 bits per heavy atom. The molecule has 0 fully saturated rings. The van der Waals surface area contributed by atoms with Crippen LogP contribution in [-0.2, 0) is 0 Å². The van der Waals surface area contributed by atoms with Crippen molar-refractivity contribution in [3.8, 4) is 0 Å². The molecule has 80 valence electrons. The van der Waals surface area contributed by atoms with Crippen LogP contribution in [0.5, 0.6) is 0 Å². The molecule has 0 aromatic heterocycles. The van der Waals surface area contributed by atoms with Gasteiger partial charge in [-0.25, -0.2) is 0 Å². The highest BCUT2D eigenvalue weighted by Crippen LogP contribution is 2.29. The first-order valence-electron chi connectivity index (χ1n) is 4.07. The Kier molecular flexibility index (Phi) is 3.26. The molecule has 0 saturated carbocycles. The van der Waals surface area contributed by atoms with Gasteiger partial charge in [0.25, 0.3) is 5.69 Å². The number of carboxylic acids is 1. The number of hydrogen-bond donors (Lipinski definition) is 0. The Balaban J connectivity index is 3.33. The van der Waals surface area contributed by atoms with Gasteiger partial charge < -0.3 is 9.90 Å². The van der Waals surface area contributed by atoms with Gasteiger partial charge in [0.15, 0.2) is 0 Å². The molecule has 0 bridgehead atoms. The highest BCUT2D eigenvalue weighted by Gasteiger charge is 2.18. The van der Waals surface area contributed by atoms with Gasteiger partial charge in [-0.2, -0.15) is 0 Å². The minimum Gasteiger partial charge on any atom is -0.545 e. The Morgan fingerprint density at radius 3 is 2.53 bits per heavy atom. The summed E-state index contributed by atoms with van der Waals surface area (Å²) in [5.74, 6) is -1.45. The molecular weight excluding hydrogens is 222 g/mol. The van der Waals surface area contributed by atoms with Gasteiger partial charge in [-0.15, -0.1) is 11.6 Å². The van der Waals surface area contributed by atoms with Gasteiger partial charge in [0.05, 0.1) is 16.3 Å². The number of nitro benzene ring substituents is 1. The number of nitro groups is 1. The molecule has 0 aliphatic rings. The molecule has 0 spiro atoms. The zero-order valence-corrected chi connectivity index (χ0v) is 8.52. The number of rotatable bonds is 3. The first kappa shape index (κ1) is 11.5. The van der Waals surface area contributed by atoms with Gasteiger partial charge in [0, 0.05) is 17.2 Å². The summed E-state index contributed by atoms with van der Waals surface area (Å²) in [6.07, 6.45) is 0. The van der Waals surface area contributed by atoms with Crippen molar-refractivity contribution in [2.24, 2.45) is 0 Å². The fraction of sp³-hybridized carbons (Fsp3) is 0.222. The maximum absolute atomic E-state index is 10.6. The molecule has 15 heavy (non-hydrogen) atoms. The van der Waals surface area contributed by atoms with Crippen LogP contribution in [0.2, 0.25) is 0 Å². The van der Waals surface area contributed by atoms with Gasteiger partial charge >= 0.3 is 0 Å². The Hall–Kier alpha value is -1.62. The lowest BCUT2D eigenvalue weighted by molar-refractivity contribution is -0.385. The standard InChI is InChI=1S/C9H8ClNO4/c1-5(10)7-3-2-6(9(12)13)4-8(7)11(14)15/h2-5H,1H3,(H,12,13)/p-1. The van der Waals surface area contributed by atoms with Crippen LogP contribution in [0.1, 0.15) is 28.2 Å². The zero-order valence-electron chi connectivity index (χ0n) is 7.77. The normalized spacial score (nSPS) is 12.1. The molecule has 0 aliphatic heterocycles. The molecule has 0 heterocycles. The summed E-state index contributed by atoms with van der Waals surface area (Å²) in [5.41, 5.74) is -0.256. The topological polar surface area (TPSA) is 83.3 Å². The molecule has 0 saturated heterocycles. The van der Waals surface area contributed by atoms with Crippen molar-refractivity contribution in [2.75, 3.05) is 0 Å². The summed E-state index contributed by atoms with van der Waals surface area (Å²) in [6.45, 7) is 1.57. The lowest BCUT2D eigenvalue weighted by Crippen LogP contribution is -2.22. The van der Waals surface area contributed by atoms with E-state index < -0.39 is 16.3 Å². The van der Waals surface area contributed by atoms with Crippen LogP contribution in [-0.4, -0.2) is 10.9 Å². The molecule has 0 radical (unpaired) electrons. The van der Waals surface area contributed by atoms with Crippen molar-refractivity contribution in [3.63, 3.8) is 0 Å². The number of nitrogens with zero attached hydrogens (tertiary/aromatic N) is 1. The molecule has 1 aromatic carbocycles. The fourth-order valence-corrected chi connectivity index (χ4v) is 1.35. The molecule has 0 N–H and O–H groups in total. The average molecular weight is 229 g/mol. The number of carboxylic acid groups (broad SMARTS) is 1. The number of hydrogen-bond acceptors (Lipinski definition) is 4. The van der Waals surface area contributed by atoms with E-state index in [1.165, 1.54) is 12.1 Å². The van der Waals surface area contributed by atoms with Crippen molar-refractivity contribution in [3.05, 3.63) is 39.4 Å². The van der Waals surface area contributed by atoms with Crippen LogP contribution in [0.4, 0.5) is 5.69 Å². The Morgan fingerprint density at radius 2 is 2.13 bits per heavy atom. The van der Waals surface area contributed by atoms with E-state index in [1.54, 1.807) is 6.92 Å². The minimum atomic E-state index is -1.45. The third-order valence-corrected chi connectivity index (χ3v) is 2.13. The minimum absolute atomic E-state index is 0.234. The van der Waals surface area contributed by atoms with E-state index >= 15 is 0 Å². The lowest BCUT2D eigenvalue weighted by atomic mass is 10.1. The third-order valence-electron chi connectivity index (χ3n) is 1.89. The van der Waals surface area contributed by atoms with Crippen LogP contribution in [0, 0.1) is 10.1 Å². The second-order valence-corrected chi connectivity index (χ2v) is 3.59. The summed E-state index contributed by atoms with van der Waals surface area (Å²) in [5, 5.41) is 20.6. The molecule has 5 nitrogen and oxygen atoms in total. The predicted molar refractivity (Wildman–Crippen MR) is 51.7 cm³/mol. The van der Waals surface area contributed by atoms with Gasteiger partial charge in [-0.1, -0.05) is 12.1 Å². The van der Waals surface area contributed by atoms with Crippen LogP contribution in [0.25, 0.3) is 0 Å². The van der Waals surface area contributed by atoms with E-state index in [4.69, 9.17) is 11.6 Å². The van der Waals surface area contributed by atoms with Gasteiger partial charge in [-0.05, 0) is 6.92 Å². The van der Waals surface area contributed by atoms with Crippen molar-refractivity contribution >= 4 is 23.3 Å². The van der Waals surface area contributed by atoms with Crippen LogP contribution >= 0.6 is 11.6 Å². The van der Waals surface area contributed by atoms with Crippen LogP contribution in [0.15, 0.2) is 18.2 Å². The summed E-state index contributed by atoms with van der Waals surface area (Å²) in [4.78, 5) is 20.5. The smallest absolute Gasteiger partial charge is 0.274 e. The number of benzene rings is 1. The van der Waals surface area contributed by atoms with Gasteiger partial charge in [0.1, 0.15) is 0 Å². The summed E-state index contributed by atoms with van der Waals surface area (Å²) in [7, 11) is 0. The number of aromatic carboxylic acids is 1. The van der Waals surface area contributed by atoms with Gasteiger partial charge in [-0.3, -0.25) is 10.1 Å². The van der Waals surface area contributed by atoms with Gasteiger partial charge in [0.2, 0.25) is 0 Å². The van der Waals surface area contributed by atoms with E-state index in [0.717, 1.165) is 6.07 Å². The molecule has 1 atom stereocenters. The first-order valence-corrected chi connectivity index (χ1v) is 4.51. The third kappa shape index (κ3) is 2.44. The second kappa shape index (κ2) is 4.27. The van der Waals surface area contributed by atoms with Crippen molar-refractivity contribution < 1.29 is 14.8 Å². The molecule has 6 heteroatoms. The van der Waals surface area contributed by atoms with E-state index in [2.05, 4.69) is 0 Å². The molecule has 0 amide bonds. The average Bonchev–Trinajstić information content (AvgIpc) is 2.16. The number of alkyl halides is 1. The Bertz CT molecular complexity index is 417. The highest BCUT2D eigenvalue weighted by atomic mass is 35.5. The quantitative estimate of drug-likeness (QED) is 0.443. The molecule has 0 aliphatic carbocycles. The first-order chi connectivity index (χ1) is 6.93. The lowest BCUT2D eigenvalue weighted by Gasteiger charge is -2.07. The zero-order chi connectivity index (χ0) is 11.6. The van der Waals surface area contributed by atoms with E-state index in [-0.39, 0.29) is 16.8 Å². The maximum atomic E-state index is 10.6. The van der Waals surface area contributed by atoms with Crippen LogP contribution in [0.3, 0.4) is 0 Å². The molecule has 1 rings (SSSR count). The summed E-state index contributed by atoms with van der Waals surface area (Å²) in [6, 6.07) is 3.50. The largest absolute Gasteiger partial charge is 0.545 e. The fourth-order valence-electron chi connectivity index (χ4n) is 1.17. The van der Waals surface area contributed by atoms with Crippen molar-refractivity contribution in [2.45, 2.75) is 12.3 Å². The molecule has 1 aromatic rings. The Labute approximate surface area is 90.4 Å². The second-order valence-electron chi connectivity index (χ2n) is 2.93. The van der Waals surface area contributed by atoms with Crippen molar-refractivity contribution in [1.82, 2.24) is 0 Å². The highest BCUT2D eigenvalue weighted by molar-refractivity contribution is 6.20. The summed E-state index contributed by atoms with van der Waals surface area (Å²) >= 11 is 5.72. The van der Waals surface area contributed by atoms with E-state index in [1.807, 2.05) is 0 Å². The monoisotopic (exact) mass is 228 g/mol. The SMILES string of the molecule is CC(Cl)c1ccc(C(=O)[O-])cc1[N+](=O)[O-]. The molecular formula is C9H7ClNO4-. The number of carbonyl (C=O) groups excluding carboxylic acids is 1. The number of carbonyl (C=O) groups is 1. The van der Waals surface area contributed by atoms with Crippen LogP contribution < -0.4 is 5.11 Å². The summed E-state index contributed by atoms with van der Waals surface area (Å²) < 4.78 is 0. The van der Waals surface area contributed by atoms with E-state index in [9.17, 15) is 20.0 Å². The maximum Gasteiger partial charge on any atom is 0.274 e. The number of halogens is 1.